The van der Waals surface area contributed by atoms with Crippen LogP contribution in [0, 0.1) is 10.1 Å². The van der Waals surface area contributed by atoms with Gasteiger partial charge >= 0.3 is 0 Å². The third-order valence-electron chi connectivity index (χ3n) is 3.57. The number of nitro groups is 1. The predicted molar refractivity (Wildman–Crippen MR) is 72.5 cm³/mol. The Morgan fingerprint density at radius 3 is 2.32 bits per heavy atom. The molecule has 0 spiro atoms. The number of aryl methyl sites for hydroxylation is 2. The first kappa shape index (κ1) is 11.7. The lowest BCUT2D eigenvalue weighted by Crippen LogP contribution is -2.05. The van der Waals surface area contributed by atoms with Crippen molar-refractivity contribution in [2.45, 2.75) is 12.8 Å². The van der Waals surface area contributed by atoms with Gasteiger partial charge in [0.2, 0.25) is 0 Å². The van der Waals surface area contributed by atoms with Crippen molar-refractivity contribution in [1.29, 1.82) is 0 Å². The second-order valence-corrected chi connectivity index (χ2v) is 4.62. The molecule has 0 radical (unpaired) electrons. The van der Waals surface area contributed by atoms with Gasteiger partial charge < -0.3 is 4.74 Å². The average Bonchev–Trinajstić information content (AvgIpc) is 2.45. The van der Waals surface area contributed by atoms with E-state index in [-0.39, 0.29) is 10.6 Å². The van der Waals surface area contributed by atoms with Gasteiger partial charge in [-0.3, -0.25) is 10.1 Å². The normalized spacial score (nSPS) is 12.5. The van der Waals surface area contributed by atoms with Crippen LogP contribution in [0.2, 0.25) is 0 Å². The van der Waals surface area contributed by atoms with Crippen molar-refractivity contribution in [2.24, 2.45) is 0 Å². The summed E-state index contributed by atoms with van der Waals surface area (Å²) in [5.74, 6) is 0.851. The molecule has 0 fully saturated rings. The van der Waals surface area contributed by atoms with Gasteiger partial charge in [-0.15, -0.1) is 0 Å². The smallest absolute Gasteiger partial charge is 0.269 e. The molecule has 0 atom stereocenters. The Hall–Kier alpha value is -2.36. The van der Waals surface area contributed by atoms with Crippen LogP contribution >= 0.6 is 0 Å². The molecule has 19 heavy (non-hydrogen) atoms. The van der Waals surface area contributed by atoms with Crippen LogP contribution in [-0.4, -0.2) is 12.0 Å². The molecule has 0 saturated carbocycles. The third-order valence-corrected chi connectivity index (χ3v) is 3.57. The largest absolute Gasteiger partial charge is 0.497 e. The minimum Gasteiger partial charge on any atom is -0.497 e. The van der Waals surface area contributed by atoms with E-state index in [9.17, 15) is 10.1 Å². The molecule has 1 aliphatic rings. The lowest BCUT2D eigenvalue weighted by Gasteiger charge is -2.20. The molecule has 2 aromatic carbocycles. The number of hydrogen-bond acceptors (Lipinski definition) is 3. The highest BCUT2D eigenvalue weighted by atomic mass is 16.6. The molecule has 0 unspecified atom stereocenters. The zero-order chi connectivity index (χ0) is 13.4. The van der Waals surface area contributed by atoms with E-state index < -0.39 is 0 Å². The second kappa shape index (κ2) is 4.39. The topological polar surface area (TPSA) is 52.4 Å². The fourth-order valence-corrected chi connectivity index (χ4v) is 2.60. The zero-order valence-corrected chi connectivity index (χ0v) is 10.6. The maximum absolute atomic E-state index is 10.8. The lowest BCUT2D eigenvalue weighted by atomic mass is 9.85. The predicted octanol–water partition coefficient (Wildman–Crippen LogP) is 3.37. The van der Waals surface area contributed by atoms with Crippen molar-refractivity contribution in [1.82, 2.24) is 0 Å². The highest BCUT2D eigenvalue weighted by Crippen LogP contribution is 2.36. The number of benzene rings is 2. The quantitative estimate of drug-likeness (QED) is 0.610. The van der Waals surface area contributed by atoms with Crippen LogP contribution in [0.5, 0.6) is 5.75 Å². The highest BCUT2D eigenvalue weighted by molar-refractivity contribution is 5.75. The van der Waals surface area contributed by atoms with Crippen molar-refractivity contribution in [3.63, 3.8) is 0 Å². The molecule has 0 aromatic heterocycles. The number of ether oxygens (including phenoxy) is 1. The van der Waals surface area contributed by atoms with E-state index >= 15 is 0 Å². The lowest BCUT2D eigenvalue weighted by molar-refractivity contribution is -0.384. The minimum absolute atomic E-state index is 0.163. The molecule has 3 rings (SSSR count). The maximum atomic E-state index is 10.8. The number of nitrogens with zero attached hydrogens (tertiary/aromatic N) is 1. The highest BCUT2D eigenvalue weighted by Gasteiger charge is 2.19. The fourth-order valence-electron chi connectivity index (χ4n) is 2.60. The first-order valence-corrected chi connectivity index (χ1v) is 6.13. The zero-order valence-electron chi connectivity index (χ0n) is 10.6. The molecule has 0 heterocycles. The van der Waals surface area contributed by atoms with Gasteiger partial charge in [0, 0.05) is 12.1 Å². The monoisotopic (exact) mass is 255 g/mol. The van der Waals surface area contributed by atoms with E-state index in [1.807, 2.05) is 24.3 Å². The number of hydrogen-bond donors (Lipinski definition) is 0. The Morgan fingerprint density at radius 1 is 1.05 bits per heavy atom. The molecule has 4 heteroatoms. The molecular weight excluding hydrogens is 242 g/mol. The van der Waals surface area contributed by atoms with Gasteiger partial charge in [0.25, 0.3) is 5.69 Å². The van der Waals surface area contributed by atoms with Crippen LogP contribution in [0.3, 0.4) is 0 Å². The summed E-state index contributed by atoms with van der Waals surface area (Å²) in [5.41, 5.74) is 4.69. The third kappa shape index (κ3) is 1.95. The van der Waals surface area contributed by atoms with Crippen LogP contribution in [0.1, 0.15) is 11.1 Å². The Labute approximate surface area is 110 Å². The summed E-state index contributed by atoms with van der Waals surface area (Å²) < 4.78 is 5.23. The molecule has 0 saturated heterocycles. The Morgan fingerprint density at radius 2 is 1.68 bits per heavy atom. The van der Waals surface area contributed by atoms with Gasteiger partial charge in [0.05, 0.1) is 12.0 Å². The fraction of sp³-hybridized carbons (Fsp3) is 0.200. The molecule has 1 aliphatic carbocycles. The van der Waals surface area contributed by atoms with Crippen molar-refractivity contribution < 1.29 is 9.66 Å². The van der Waals surface area contributed by atoms with Gasteiger partial charge in [-0.25, -0.2) is 0 Å². The van der Waals surface area contributed by atoms with E-state index in [1.165, 1.54) is 5.56 Å². The summed E-state index contributed by atoms with van der Waals surface area (Å²) in [4.78, 5) is 10.5. The number of rotatable bonds is 2. The van der Waals surface area contributed by atoms with Crippen molar-refractivity contribution >= 4 is 5.69 Å². The first-order valence-electron chi connectivity index (χ1n) is 6.13. The molecule has 0 N–H and O–H groups in total. The van der Waals surface area contributed by atoms with Gasteiger partial charge in [0.1, 0.15) is 5.75 Å². The van der Waals surface area contributed by atoms with Crippen molar-refractivity contribution in [3.05, 3.63) is 57.6 Å². The average molecular weight is 255 g/mol. The number of non-ortho nitro benzene ring substituents is 1. The Kier molecular flexibility index (Phi) is 2.71. The van der Waals surface area contributed by atoms with Crippen molar-refractivity contribution in [3.8, 4) is 16.9 Å². The molecule has 0 aliphatic heterocycles. The van der Waals surface area contributed by atoms with E-state index in [1.54, 1.807) is 19.2 Å². The van der Waals surface area contributed by atoms with Crippen LogP contribution in [0.25, 0.3) is 11.1 Å². The van der Waals surface area contributed by atoms with Crippen molar-refractivity contribution in [2.75, 3.05) is 7.11 Å². The number of nitro benzene ring substituents is 1. The Balaban J connectivity index is 2.12. The standard InChI is InChI=1S/C15H13NO3/c1-19-13-5-7-15-11(9-13)3-2-10-8-12(16(17)18)4-6-14(10)15/h4-9H,2-3H2,1H3. The summed E-state index contributed by atoms with van der Waals surface area (Å²) in [6.45, 7) is 0. The molecule has 0 bridgehead atoms. The van der Waals surface area contributed by atoms with E-state index in [2.05, 4.69) is 0 Å². The molecule has 0 amide bonds. The van der Waals surface area contributed by atoms with Gasteiger partial charge in [-0.2, -0.15) is 0 Å². The van der Waals surface area contributed by atoms with Gasteiger partial charge in [-0.1, -0.05) is 6.07 Å². The summed E-state index contributed by atoms with van der Waals surface area (Å²) in [6, 6.07) is 11.1. The summed E-state index contributed by atoms with van der Waals surface area (Å²) in [5, 5.41) is 10.8. The van der Waals surface area contributed by atoms with Crippen LogP contribution in [0.15, 0.2) is 36.4 Å². The summed E-state index contributed by atoms with van der Waals surface area (Å²) >= 11 is 0. The number of fused-ring (bicyclic) bond motifs is 3. The Bertz CT molecular complexity index is 664. The molecule has 2 aromatic rings. The van der Waals surface area contributed by atoms with Crippen LogP contribution in [0.4, 0.5) is 5.69 Å². The van der Waals surface area contributed by atoms with Crippen LogP contribution < -0.4 is 4.74 Å². The second-order valence-electron chi connectivity index (χ2n) is 4.62. The summed E-state index contributed by atoms with van der Waals surface area (Å²) in [6.07, 6.45) is 1.72. The SMILES string of the molecule is COc1ccc2c(c1)CCc1cc([N+](=O)[O-])ccc1-2. The van der Waals surface area contributed by atoms with Gasteiger partial charge in [0.15, 0.2) is 0 Å². The number of methoxy groups -OCH3 is 1. The van der Waals surface area contributed by atoms with Crippen LogP contribution in [-0.2, 0) is 12.8 Å². The van der Waals surface area contributed by atoms with Gasteiger partial charge in [-0.05, 0) is 53.3 Å². The van der Waals surface area contributed by atoms with E-state index in [0.29, 0.717) is 0 Å². The molecule has 4 nitrogen and oxygen atoms in total. The molecule has 96 valence electrons. The maximum Gasteiger partial charge on any atom is 0.269 e. The first-order chi connectivity index (χ1) is 9.19. The van der Waals surface area contributed by atoms with E-state index in [0.717, 1.165) is 35.3 Å². The molecular formula is C15H13NO3. The summed E-state index contributed by atoms with van der Waals surface area (Å²) in [7, 11) is 1.65. The minimum atomic E-state index is -0.343. The van der Waals surface area contributed by atoms with E-state index in [4.69, 9.17) is 4.74 Å².